The maximum absolute atomic E-state index is 2.16. The first-order valence-electron chi connectivity index (χ1n) is 3.24. The Hall–Kier alpha value is -0.715. The molecule has 0 heterocycles. The molecule has 0 N–H and O–H groups in total. The fourth-order valence-corrected chi connectivity index (χ4v) is 0.898. The first-order valence-corrected chi connectivity index (χ1v) is 3.24. The lowest BCUT2D eigenvalue weighted by atomic mass is 9.89. The molecule has 1 aromatic carbocycles. The van der Waals surface area contributed by atoms with Gasteiger partial charge in [0.15, 0.2) is 0 Å². The first-order chi connectivity index (χ1) is 4.22. The van der Waals surface area contributed by atoms with Crippen molar-refractivity contribution >= 4 is 13.3 Å². The quantitative estimate of drug-likeness (QED) is 0.436. The summed E-state index contributed by atoms with van der Waals surface area (Å²) in [6.07, 6.45) is 0. The van der Waals surface area contributed by atoms with Gasteiger partial charge in [-0.25, -0.2) is 0 Å². The minimum Gasteiger partial charge on any atom is -0.0858 e. The highest BCUT2D eigenvalue weighted by Crippen LogP contribution is 1.99. The number of hydrogen-bond donors (Lipinski definition) is 0. The summed E-state index contributed by atoms with van der Waals surface area (Å²) >= 11 is 0. The van der Waals surface area contributed by atoms with E-state index in [1.165, 1.54) is 16.6 Å². The molecule has 0 radical (unpaired) electrons. The van der Waals surface area contributed by atoms with E-state index in [0.29, 0.717) is 0 Å². The number of aryl methyl sites for hydroxylation is 1. The van der Waals surface area contributed by atoms with Crippen LogP contribution in [0.4, 0.5) is 0 Å². The summed E-state index contributed by atoms with van der Waals surface area (Å²) in [5.74, 6) is 0. The molecule has 0 aliphatic rings. The normalized spacial score (nSPS) is 9.56. The predicted molar refractivity (Wildman–Crippen MR) is 44.1 cm³/mol. The predicted octanol–water partition coefficient (Wildman–Crippen LogP) is 0.562. The molecule has 1 aromatic rings. The van der Waals surface area contributed by atoms with Crippen LogP contribution in [0.2, 0.25) is 0 Å². The summed E-state index contributed by atoms with van der Waals surface area (Å²) < 4.78 is 0. The van der Waals surface area contributed by atoms with Gasteiger partial charge >= 0.3 is 0 Å². The van der Waals surface area contributed by atoms with E-state index in [1.54, 1.807) is 0 Å². The lowest BCUT2D eigenvalue weighted by Gasteiger charge is -2.01. The molecule has 0 atom stereocenters. The summed E-state index contributed by atoms with van der Waals surface area (Å²) in [4.78, 5) is 0. The molecule has 0 nitrogen and oxygen atoms in total. The third kappa shape index (κ3) is 1.15. The van der Waals surface area contributed by atoms with Crippen LogP contribution in [0.3, 0.4) is 0 Å². The van der Waals surface area contributed by atoms with Crippen LogP contribution in [0.25, 0.3) is 0 Å². The van der Waals surface area contributed by atoms with Crippen LogP contribution in [0, 0.1) is 13.8 Å². The van der Waals surface area contributed by atoms with Gasteiger partial charge in [0.25, 0.3) is 0 Å². The van der Waals surface area contributed by atoms with E-state index in [4.69, 9.17) is 0 Å². The average molecular weight is 118 g/mol. The molecule has 1 heteroatoms. The second-order valence-corrected chi connectivity index (χ2v) is 2.52. The second-order valence-electron chi connectivity index (χ2n) is 2.52. The van der Waals surface area contributed by atoms with Gasteiger partial charge in [0.05, 0.1) is 0 Å². The number of hydrogen-bond acceptors (Lipinski definition) is 0. The lowest BCUT2D eigenvalue weighted by molar-refractivity contribution is 1.37. The summed E-state index contributed by atoms with van der Waals surface area (Å²) in [6, 6.07) is 6.38. The lowest BCUT2D eigenvalue weighted by Crippen LogP contribution is -2.07. The maximum atomic E-state index is 2.16. The van der Waals surface area contributed by atoms with Crippen LogP contribution >= 0.6 is 0 Å². The minimum absolute atomic E-state index is 1.38. The molecule has 0 saturated carbocycles. The van der Waals surface area contributed by atoms with Crippen molar-refractivity contribution in [3.63, 3.8) is 0 Å². The van der Waals surface area contributed by atoms with Crippen molar-refractivity contribution in [1.82, 2.24) is 0 Å². The van der Waals surface area contributed by atoms with E-state index in [0.717, 1.165) is 0 Å². The van der Waals surface area contributed by atoms with Crippen molar-refractivity contribution in [1.29, 1.82) is 0 Å². The fraction of sp³-hybridized carbons (Fsp3) is 0.250. The SMILES string of the molecule is Bc1cccc(C)c1C. The maximum Gasteiger partial charge on any atom is 0.139 e. The van der Waals surface area contributed by atoms with Crippen molar-refractivity contribution in [2.75, 3.05) is 0 Å². The van der Waals surface area contributed by atoms with Crippen LogP contribution in [-0.2, 0) is 0 Å². The van der Waals surface area contributed by atoms with Crippen molar-refractivity contribution in [3.05, 3.63) is 29.3 Å². The largest absolute Gasteiger partial charge is 0.139 e. The summed E-state index contributed by atoms with van der Waals surface area (Å²) in [6.45, 7) is 4.30. The molecule has 9 heavy (non-hydrogen) atoms. The van der Waals surface area contributed by atoms with Gasteiger partial charge in [-0.3, -0.25) is 0 Å². The van der Waals surface area contributed by atoms with E-state index in [-0.39, 0.29) is 0 Å². The Morgan fingerprint density at radius 3 is 2.33 bits per heavy atom. The number of rotatable bonds is 0. The Kier molecular flexibility index (Phi) is 1.61. The number of benzene rings is 1. The van der Waals surface area contributed by atoms with E-state index in [9.17, 15) is 0 Å². The van der Waals surface area contributed by atoms with Crippen molar-refractivity contribution < 1.29 is 0 Å². The van der Waals surface area contributed by atoms with Gasteiger partial charge in [-0.05, 0) is 19.4 Å². The smallest absolute Gasteiger partial charge is 0.0858 e. The van der Waals surface area contributed by atoms with Gasteiger partial charge in [-0.15, -0.1) is 0 Å². The highest BCUT2D eigenvalue weighted by molar-refractivity contribution is 6.33. The zero-order chi connectivity index (χ0) is 6.85. The average Bonchev–Trinajstić information content (AvgIpc) is 1.83. The molecule has 0 aromatic heterocycles. The van der Waals surface area contributed by atoms with E-state index >= 15 is 0 Å². The highest BCUT2D eigenvalue weighted by atomic mass is 13.9. The summed E-state index contributed by atoms with van der Waals surface area (Å²) in [5.41, 5.74) is 4.18. The summed E-state index contributed by atoms with van der Waals surface area (Å²) in [7, 11) is 2.14. The molecule has 0 saturated heterocycles. The standard InChI is InChI=1S/C8H11B/c1-6-4-3-5-8(9)7(6)2/h3-5H,9H2,1-2H3. The van der Waals surface area contributed by atoms with Gasteiger partial charge in [0.1, 0.15) is 7.85 Å². The molecule has 0 amide bonds. The van der Waals surface area contributed by atoms with Gasteiger partial charge in [-0.1, -0.05) is 29.2 Å². The Labute approximate surface area is 57.3 Å². The fourth-order valence-electron chi connectivity index (χ4n) is 0.898. The van der Waals surface area contributed by atoms with Gasteiger partial charge in [0, 0.05) is 0 Å². The van der Waals surface area contributed by atoms with Crippen LogP contribution in [0.1, 0.15) is 11.1 Å². The topological polar surface area (TPSA) is 0 Å². The molecule has 0 bridgehead atoms. The molecule has 0 aliphatic carbocycles. The van der Waals surface area contributed by atoms with Gasteiger partial charge in [0.2, 0.25) is 0 Å². The third-order valence-electron chi connectivity index (χ3n) is 1.88. The van der Waals surface area contributed by atoms with Crippen LogP contribution in [0.5, 0.6) is 0 Å². The van der Waals surface area contributed by atoms with Crippen LogP contribution < -0.4 is 5.46 Å². The zero-order valence-electron chi connectivity index (χ0n) is 6.23. The van der Waals surface area contributed by atoms with Crippen molar-refractivity contribution in [3.8, 4) is 0 Å². The molecule has 0 fully saturated rings. The second kappa shape index (κ2) is 2.26. The van der Waals surface area contributed by atoms with Crippen molar-refractivity contribution in [2.24, 2.45) is 0 Å². The summed E-state index contributed by atoms with van der Waals surface area (Å²) in [5, 5.41) is 0. The molecule has 0 aliphatic heterocycles. The third-order valence-corrected chi connectivity index (χ3v) is 1.88. The van der Waals surface area contributed by atoms with E-state index in [1.807, 2.05) is 0 Å². The molecule has 1 rings (SSSR count). The Bertz CT molecular complexity index is 196. The zero-order valence-corrected chi connectivity index (χ0v) is 6.23. The van der Waals surface area contributed by atoms with E-state index in [2.05, 4.69) is 39.9 Å². The molecule has 0 spiro atoms. The Morgan fingerprint density at radius 2 is 1.89 bits per heavy atom. The Morgan fingerprint density at radius 1 is 1.22 bits per heavy atom. The van der Waals surface area contributed by atoms with Crippen LogP contribution in [-0.4, -0.2) is 7.85 Å². The molecular weight excluding hydrogens is 107 g/mol. The van der Waals surface area contributed by atoms with Gasteiger partial charge in [-0.2, -0.15) is 0 Å². The van der Waals surface area contributed by atoms with Crippen molar-refractivity contribution in [2.45, 2.75) is 13.8 Å². The highest BCUT2D eigenvalue weighted by Gasteiger charge is 1.91. The van der Waals surface area contributed by atoms with E-state index < -0.39 is 0 Å². The Balaban J connectivity index is 3.25. The molecule has 0 unspecified atom stereocenters. The van der Waals surface area contributed by atoms with Crippen LogP contribution in [0.15, 0.2) is 18.2 Å². The first kappa shape index (κ1) is 6.41. The van der Waals surface area contributed by atoms with Gasteiger partial charge < -0.3 is 0 Å². The minimum atomic E-state index is 1.38. The molecule has 46 valence electrons. The monoisotopic (exact) mass is 118 g/mol. The molecular formula is C8H11B.